The summed E-state index contributed by atoms with van der Waals surface area (Å²) in [7, 11) is 0. The van der Waals surface area contributed by atoms with Gasteiger partial charge in [0, 0.05) is 11.6 Å². The number of ether oxygens (including phenoxy) is 2. The highest BCUT2D eigenvalue weighted by Gasteiger charge is 2.08. The molecule has 16 heavy (non-hydrogen) atoms. The Morgan fingerprint density at radius 3 is 2.94 bits per heavy atom. The molecule has 0 aromatic carbocycles. The van der Waals surface area contributed by atoms with Gasteiger partial charge in [0.15, 0.2) is 11.5 Å². The van der Waals surface area contributed by atoms with Gasteiger partial charge >= 0.3 is 6.16 Å². The quantitative estimate of drug-likeness (QED) is 0.609. The average Bonchev–Trinajstić information content (AvgIpc) is 2.69. The summed E-state index contributed by atoms with van der Waals surface area (Å²) in [6, 6.07) is 0. The molecule has 8 heteroatoms. The molecule has 7 nitrogen and oxygen atoms in total. The zero-order valence-corrected chi connectivity index (χ0v) is 9.14. The molecule has 90 valence electrons. The topological polar surface area (TPSA) is 105 Å². The molecule has 0 fully saturated rings. The molecule has 1 atom stereocenters. The predicted molar refractivity (Wildman–Crippen MR) is 53.7 cm³/mol. The van der Waals surface area contributed by atoms with Crippen LogP contribution < -0.4 is 4.80 Å². The van der Waals surface area contributed by atoms with Crippen molar-refractivity contribution >= 4 is 17.5 Å². The maximum absolute atomic E-state index is 11.0. The largest absolute Gasteiger partial charge is 0.510 e. The lowest BCUT2D eigenvalue weighted by Gasteiger charge is -2.09. The summed E-state index contributed by atoms with van der Waals surface area (Å²) in [5.74, 6) is 0. The van der Waals surface area contributed by atoms with Gasteiger partial charge in [-0.05, 0) is 0 Å². The van der Waals surface area contributed by atoms with Crippen LogP contribution in [0.25, 0.3) is 0 Å². The first kappa shape index (κ1) is 12.7. The van der Waals surface area contributed by atoms with E-state index in [0.717, 1.165) is 0 Å². The summed E-state index contributed by atoms with van der Waals surface area (Å²) in [6.45, 7) is -0.919. The summed E-state index contributed by atoms with van der Waals surface area (Å²) in [5.41, 5.74) is 0. The molecule has 0 amide bonds. The van der Waals surface area contributed by atoms with Crippen LogP contribution in [-0.4, -0.2) is 40.3 Å². The van der Waals surface area contributed by atoms with Gasteiger partial charge in [-0.3, -0.25) is 9.98 Å². The molecule has 0 spiro atoms. The fourth-order valence-corrected chi connectivity index (χ4v) is 1.37. The number of carbonyl (C=O) groups is 1. The van der Waals surface area contributed by atoms with Crippen molar-refractivity contribution in [1.29, 1.82) is 5.41 Å². The first-order valence-corrected chi connectivity index (χ1v) is 5.28. The minimum absolute atomic E-state index is 0.115. The van der Waals surface area contributed by atoms with Gasteiger partial charge < -0.3 is 19.7 Å². The maximum atomic E-state index is 11.0. The first-order chi connectivity index (χ1) is 7.63. The summed E-state index contributed by atoms with van der Waals surface area (Å²) in [6.07, 6.45) is -0.457. The van der Waals surface area contributed by atoms with E-state index >= 15 is 0 Å². The van der Waals surface area contributed by atoms with E-state index in [9.17, 15) is 4.79 Å². The van der Waals surface area contributed by atoms with E-state index in [0.29, 0.717) is 0 Å². The zero-order chi connectivity index (χ0) is 12.0. The fourth-order valence-electron chi connectivity index (χ4n) is 0.786. The van der Waals surface area contributed by atoms with Gasteiger partial charge in [0.2, 0.25) is 0 Å². The Morgan fingerprint density at radius 2 is 2.38 bits per heavy atom. The molecule has 3 N–H and O–H groups in total. The van der Waals surface area contributed by atoms with Crippen LogP contribution >= 0.6 is 11.3 Å². The van der Waals surface area contributed by atoms with Crippen LogP contribution in [0.2, 0.25) is 0 Å². The average molecular weight is 248 g/mol. The zero-order valence-electron chi connectivity index (χ0n) is 8.33. The molecule has 0 saturated heterocycles. The molecular weight excluding hydrogens is 236 g/mol. The molecule has 1 unspecified atom stereocenters. The minimum atomic E-state index is -1.10. The standard InChI is InChI=1S/C8H12N2O5S/c9-7-10(1-2-16-7)5-15-8(13)14-4-6(12)3-11/h1-2,6,9,11-12H,3-5H2. The number of hydrogen-bond donors (Lipinski definition) is 3. The van der Waals surface area contributed by atoms with Gasteiger partial charge in [-0.15, -0.1) is 11.3 Å². The molecular formula is C8H12N2O5S. The van der Waals surface area contributed by atoms with E-state index in [2.05, 4.69) is 9.47 Å². The van der Waals surface area contributed by atoms with E-state index in [4.69, 9.17) is 15.6 Å². The van der Waals surface area contributed by atoms with Gasteiger partial charge in [-0.2, -0.15) is 0 Å². The lowest BCUT2D eigenvalue weighted by atomic mass is 10.4. The Labute approximate surface area is 95.0 Å². The smallest absolute Gasteiger partial charge is 0.431 e. The van der Waals surface area contributed by atoms with Crippen molar-refractivity contribution in [3.05, 3.63) is 16.4 Å². The summed E-state index contributed by atoms with van der Waals surface area (Å²) < 4.78 is 10.6. The van der Waals surface area contributed by atoms with Crippen molar-refractivity contribution in [1.82, 2.24) is 4.57 Å². The number of hydrogen-bond acceptors (Lipinski definition) is 7. The molecule has 1 heterocycles. The number of aliphatic hydroxyl groups excluding tert-OH is 2. The second-order valence-electron chi connectivity index (χ2n) is 2.85. The lowest BCUT2D eigenvalue weighted by molar-refractivity contribution is -0.00942. The Morgan fingerprint density at radius 1 is 1.62 bits per heavy atom. The Bertz CT molecular complexity index is 388. The summed E-state index contributed by atoms with van der Waals surface area (Å²) >= 11 is 1.20. The number of nitrogens with one attached hydrogen (secondary N) is 1. The van der Waals surface area contributed by atoms with Crippen molar-refractivity contribution in [2.75, 3.05) is 13.2 Å². The molecule has 0 bridgehead atoms. The normalized spacial score (nSPS) is 12.1. The molecule has 0 saturated carbocycles. The number of carbonyl (C=O) groups excluding carboxylic acids is 1. The van der Waals surface area contributed by atoms with Crippen LogP contribution in [0, 0.1) is 5.41 Å². The Hall–Kier alpha value is -1.38. The van der Waals surface area contributed by atoms with Crippen LogP contribution in [0.3, 0.4) is 0 Å². The molecule has 0 aliphatic carbocycles. The van der Waals surface area contributed by atoms with E-state index in [1.165, 1.54) is 15.9 Å². The Balaban J connectivity index is 2.26. The van der Waals surface area contributed by atoms with Crippen LogP contribution in [-0.2, 0) is 16.2 Å². The van der Waals surface area contributed by atoms with E-state index in [1.54, 1.807) is 11.6 Å². The third-order valence-electron chi connectivity index (χ3n) is 1.61. The number of aliphatic hydroxyl groups is 2. The molecule has 1 aromatic heterocycles. The fraction of sp³-hybridized carbons (Fsp3) is 0.500. The molecule has 0 aliphatic rings. The highest BCUT2D eigenvalue weighted by atomic mass is 32.1. The van der Waals surface area contributed by atoms with Gasteiger partial charge in [-0.1, -0.05) is 0 Å². The highest BCUT2D eigenvalue weighted by molar-refractivity contribution is 7.06. The van der Waals surface area contributed by atoms with E-state index < -0.39 is 18.9 Å². The van der Waals surface area contributed by atoms with E-state index in [-0.39, 0.29) is 18.1 Å². The number of nitrogens with zero attached hydrogens (tertiary/aromatic N) is 1. The third-order valence-corrected chi connectivity index (χ3v) is 2.32. The lowest BCUT2D eigenvalue weighted by Crippen LogP contribution is -2.23. The van der Waals surface area contributed by atoms with Crippen molar-refractivity contribution in [3.63, 3.8) is 0 Å². The van der Waals surface area contributed by atoms with Crippen LogP contribution in [0.15, 0.2) is 11.6 Å². The number of thiazole rings is 1. The van der Waals surface area contributed by atoms with Gasteiger partial charge in [0.05, 0.1) is 6.61 Å². The number of rotatable bonds is 5. The van der Waals surface area contributed by atoms with Gasteiger partial charge in [-0.25, -0.2) is 4.79 Å². The SMILES string of the molecule is N=c1sccn1COC(=O)OCC(O)CO. The monoisotopic (exact) mass is 248 g/mol. The van der Waals surface area contributed by atoms with Gasteiger partial charge in [0.25, 0.3) is 0 Å². The number of aromatic nitrogens is 1. The van der Waals surface area contributed by atoms with Crippen LogP contribution in [0.1, 0.15) is 0 Å². The van der Waals surface area contributed by atoms with Crippen LogP contribution in [0.4, 0.5) is 4.79 Å². The minimum Gasteiger partial charge on any atom is -0.431 e. The summed E-state index contributed by atoms with van der Waals surface area (Å²) in [5, 5.41) is 26.4. The highest BCUT2D eigenvalue weighted by Crippen LogP contribution is 1.93. The van der Waals surface area contributed by atoms with Crippen molar-refractivity contribution in [2.24, 2.45) is 0 Å². The molecule has 0 radical (unpaired) electrons. The maximum Gasteiger partial charge on any atom is 0.510 e. The second-order valence-corrected chi connectivity index (χ2v) is 3.74. The van der Waals surface area contributed by atoms with Gasteiger partial charge in [0.1, 0.15) is 12.7 Å². The Kier molecular flexibility index (Phi) is 4.96. The summed E-state index contributed by atoms with van der Waals surface area (Å²) in [4.78, 5) is 11.2. The third kappa shape index (κ3) is 4.01. The molecule has 1 rings (SSSR count). The predicted octanol–water partition coefficient (Wildman–Crippen LogP) is -0.507. The van der Waals surface area contributed by atoms with Crippen LogP contribution in [0.5, 0.6) is 0 Å². The van der Waals surface area contributed by atoms with E-state index in [1.807, 2.05) is 0 Å². The van der Waals surface area contributed by atoms with Crippen molar-refractivity contribution in [3.8, 4) is 0 Å². The second kappa shape index (κ2) is 6.26. The molecule has 0 aliphatic heterocycles. The van der Waals surface area contributed by atoms with Crippen molar-refractivity contribution < 1.29 is 24.5 Å². The molecule has 1 aromatic rings. The first-order valence-electron chi connectivity index (χ1n) is 4.40. The van der Waals surface area contributed by atoms with Crippen molar-refractivity contribution in [2.45, 2.75) is 12.8 Å².